The van der Waals surface area contributed by atoms with Crippen molar-refractivity contribution < 1.29 is 14.7 Å². The first-order valence-corrected chi connectivity index (χ1v) is 6.27. The highest BCUT2D eigenvalue weighted by molar-refractivity contribution is 5.75. The van der Waals surface area contributed by atoms with Crippen molar-refractivity contribution in [3.63, 3.8) is 0 Å². The Morgan fingerprint density at radius 1 is 1.24 bits per heavy atom. The third-order valence-electron chi connectivity index (χ3n) is 3.47. The number of aliphatic carboxylic acids is 1. The van der Waals surface area contributed by atoms with Crippen LogP contribution in [0.4, 0.5) is 4.79 Å². The average molecular weight is 242 g/mol. The van der Waals surface area contributed by atoms with Crippen LogP contribution in [0.2, 0.25) is 0 Å². The van der Waals surface area contributed by atoms with Gasteiger partial charge in [0.05, 0.1) is 6.42 Å². The van der Waals surface area contributed by atoms with E-state index in [-0.39, 0.29) is 25.0 Å². The van der Waals surface area contributed by atoms with E-state index in [1.54, 1.807) is 0 Å². The van der Waals surface area contributed by atoms with E-state index in [0.717, 1.165) is 12.8 Å². The topological polar surface area (TPSA) is 78.4 Å². The summed E-state index contributed by atoms with van der Waals surface area (Å²) in [6.07, 6.45) is 3.47. The highest BCUT2D eigenvalue weighted by atomic mass is 16.4. The van der Waals surface area contributed by atoms with Crippen LogP contribution in [0, 0.1) is 11.8 Å². The van der Waals surface area contributed by atoms with Gasteiger partial charge in [-0.25, -0.2) is 4.79 Å². The van der Waals surface area contributed by atoms with Gasteiger partial charge >= 0.3 is 12.0 Å². The second kappa shape index (κ2) is 6.47. The summed E-state index contributed by atoms with van der Waals surface area (Å²) in [6, 6.07) is -0.0505. The van der Waals surface area contributed by atoms with Crippen LogP contribution in [-0.2, 0) is 4.79 Å². The Morgan fingerprint density at radius 3 is 2.35 bits per heavy atom. The van der Waals surface area contributed by atoms with E-state index >= 15 is 0 Å². The third kappa shape index (κ3) is 4.63. The van der Waals surface area contributed by atoms with Gasteiger partial charge in [0, 0.05) is 12.6 Å². The van der Waals surface area contributed by atoms with Crippen LogP contribution in [0.5, 0.6) is 0 Å². The van der Waals surface area contributed by atoms with Gasteiger partial charge in [0.25, 0.3) is 0 Å². The zero-order valence-corrected chi connectivity index (χ0v) is 10.5. The van der Waals surface area contributed by atoms with E-state index in [1.165, 1.54) is 6.42 Å². The molecule has 17 heavy (non-hydrogen) atoms. The molecule has 0 aromatic carbocycles. The van der Waals surface area contributed by atoms with Crippen molar-refractivity contribution in [3.8, 4) is 0 Å². The lowest BCUT2D eigenvalue weighted by atomic mass is 9.79. The number of rotatable bonds is 4. The fourth-order valence-electron chi connectivity index (χ4n) is 2.45. The summed E-state index contributed by atoms with van der Waals surface area (Å²) in [5.74, 6) is 0.0812. The van der Waals surface area contributed by atoms with Gasteiger partial charge in [0.2, 0.25) is 0 Å². The molecule has 5 heteroatoms. The zero-order valence-electron chi connectivity index (χ0n) is 10.5. The van der Waals surface area contributed by atoms with E-state index in [9.17, 15) is 9.59 Å². The van der Waals surface area contributed by atoms with Crippen molar-refractivity contribution in [3.05, 3.63) is 0 Å². The summed E-state index contributed by atoms with van der Waals surface area (Å²) in [6.45, 7) is 4.48. The van der Waals surface area contributed by atoms with Crippen molar-refractivity contribution in [2.24, 2.45) is 11.8 Å². The first kappa shape index (κ1) is 13.8. The molecule has 3 N–H and O–H groups in total. The zero-order chi connectivity index (χ0) is 12.8. The van der Waals surface area contributed by atoms with Gasteiger partial charge in [0.15, 0.2) is 0 Å². The van der Waals surface area contributed by atoms with Gasteiger partial charge in [-0.2, -0.15) is 0 Å². The number of carboxylic acids is 1. The summed E-state index contributed by atoms with van der Waals surface area (Å²) in [7, 11) is 0. The van der Waals surface area contributed by atoms with Crippen LogP contribution in [-0.4, -0.2) is 29.7 Å². The summed E-state index contributed by atoms with van der Waals surface area (Å²) in [5.41, 5.74) is 0. The quantitative estimate of drug-likeness (QED) is 0.700. The number of carbonyl (C=O) groups excluding carboxylic acids is 1. The maximum atomic E-state index is 11.6. The monoisotopic (exact) mass is 242 g/mol. The summed E-state index contributed by atoms with van der Waals surface area (Å²) < 4.78 is 0. The Morgan fingerprint density at radius 2 is 1.82 bits per heavy atom. The van der Waals surface area contributed by atoms with Crippen LogP contribution in [0.25, 0.3) is 0 Å². The lowest BCUT2D eigenvalue weighted by Crippen LogP contribution is -2.49. The lowest BCUT2D eigenvalue weighted by molar-refractivity contribution is -0.136. The van der Waals surface area contributed by atoms with Gasteiger partial charge in [0.1, 0.15) is 0 Å². The second-order valence-corrected chi connectivity index (χ2v) is 4.96. The van der Waals surface area contributed by atoms with Crippen molar-refractivity contribution in [2.45, 2.75) is 45.6 Å². The van der Waals surface area contributed by atoms with E-state index in [1.807, 2.05) is 0 Å². The molecule has 0 aromatic rings. The number of amides is 2. The fourth-order valence-corrected chi connectivity index (χ4v) is 2.45. The molecule has 0 bridgehead atoms. The van der Waals surface area contributed by atoms with Gasteiger partial charge in [-0.1, -0.05) is 20.3 Å². The molecule has 0 spiro atoms. The Kier molecular flexibility index (Phi) is 5.25. The first-order chi connectivity index (χ1) is 8.00. The number of carboxylic acid groups (broad SMARTS) is 1. The van der Waals surface area contributed by atoms with Gasteiger partial charge in [-0.05, 0) is 24.7 Å². The molecule has 5 nitrogen and oxygen atoms in total. The van der Waals surface area contributed by atoms with E-state index in [4.69, 9.17) is 5.11 Å². The summed E-state index contributed by atoms with van der Waals surface area (Å²) in [5, 5.41) is 14.0. The number of hydrogen-bond donors (Lipinski definition) is 3. The van der Waals surface area contributed by atoms with Gasteiger partial charge in [-0.3, -0.25) is 4.79 Å². The van der Waals surface area contributed by atoms with Crippen molar-refractivity contribution >= 4 is 12.0 Å². The highest BCUT2D eigenvalue weighted by Crippen LogP contribution is 2.28. The number of nitrogens with one attached hydrogen (secondary N) is 2. The second-order valence-electron chi connectivity index (χ2n) is 4.96. The number of hydrogen-bond acceptors (Lipinski definition) is 2. The largest absolute Gasteiger partial charge is 0.481 e. The van der Waals surface area contributed by atoms with Crippen molar-refractivity contribution in [1.29, 1.82) is 0 Å². The van der Waals surface area contributed by atoms with Crippen LogP contribution in [0.3, 0.4) is 0 Å². The molecule has 0 aromatic heterocycles. The summed E-state index contributed by atoms with van der Waals surface area (Å²) >= 11 is 0. The van der Waals surface area contributed by atoms with Crippen LogP contribution >= 0.6 is 0 Å². The van der Waals surface area contributed by atoms with Crippen LogP contribution in [0.1, 0.15) is 39.5 Å². The molecule has 0 radical (unpaired) electrons. The Balaban J connectivity index is 2.31. The number of carbonyl (C=O) groups is 2. The van der Waals surface area contributed by atoms with Crippen molar-refractivity contribution in [2.75, 3.05) is 6.54 Å². The Labute approximate surface area is 102 Å². The van der Waals surface area contributed by atoms with Crippen molar-refractivity contribution in [1.82, 2.24) is 10.6 Å². The standard InChI is InChI=1S/C12H22N2O3/c1-8-4-3-5-9(2)11(8)14-12(17)13-7-6-10(15)16/h8-9,11H,3-7H2,1-2H3,(H,15,16)(H2,13,14,17). The number of urea groups is 1. The molecule has 2 atom stereocenters. The predicted molar refractivity (Wildman–Crippen MR) is 64.8 cm³/mol. The molecule has 1 saturated carbocycles. The molecule has 0 heterocycles. The minimum Gasteiger partial charge on any atom is -0.481 e. The fraction of sp³-hybridized carbons (Fsp3) is 0.833. The van der Waals surface area contributed by atoms with Crippen LogP contribution < -0.4 is 10.6 Å². The van der Waals surface area contributed by atoms with Gasteiger partial charge in [-0.15, -0.1) is 0 Å². The van der Waals surface area contributed by atoms with E-state index in [2.05, 4.69) is 24.5 Å². The third-order valence-corrected chi connectivity index (χ3v) is 3.47. The molecule has 1 fully saturated rings. The maximum absolute atomic E-state index is 11.6. The highest BCUT2D eigenvalue weighted by Gasteiger charge is 2.28. The molecular formula is C12H22N2O3. The minimum absolute atomic E-state index is 0.0385. The smallest absolute Gasteiger partial charge is 0.315 e. The molecule has 1 aliphatic carbocycles. The SMILES string of the molecule is CC1CCCC(C)C1NC(=O)NCCC(=O)O. The van der Waals surface area contributed by atoms with E-state index in [0.29, 0.717) is 11.8 Å². The van der Waals surface area contributed by atoms with Gasteiger partial charge < -0.3 is 15.7 Å². The molecule has 2 amide bonds. The average Bonchev–Trinajstić information content (AvgIpc) is 2.23. The maximum Gasteiger partial charge on any atom is 0.315 e. The first-order valence-electron chi connectivity index (χ1n) is 6.27. The molecule has 0 saturated heterocycles. The molecule has 1 rings (SSSR count). The Bertz CT molecular complexity index is 271. The molecule has 0 aliphatic heterocycles. The molecule has 98 valence electrons. The lowest BCUT2D eigenvalue weighted by Gasteiger charge is -2.35. The van der Waals surface area contributed by atoms with Crippen LogP contribution in [0.15, 0.2) is 0 Å². The van der Waals surface area contributed by atoms with E-state index < -0.39 is 5.97 Å². The summed E-state index contributed by atoms with van der Waals surface area (Å²) in [4.78, 5) is 21.9. The molecule has 1 aliphatic rings. The Hall–Kier alpha value is -1.26. The predicted octanol–water partition coefficient (Wildman–Crippen LogP) is 1.59. The normalized spacial score (nSPS) is 28.5. The molecule has 2 unspecified atom stereocenters. The molecular weight excluding hydrogens is 220 g/mol. The minimum atomic E-state index is -0.898.